The largest absolute Gasteiger partial charge is 0.310 e. The second-order valence-corrected chi connectivity index (χ2v) is 5.06. The van der Waals surface area contributed by atoms with Crippen molar-refractivity contribution in [3.8, 4) is 0 Å². The van der Waals surface area contributed by atoms with Gasteiger partial charge in [-0.05, 0) is 42.9 Å². The van der Waals surface area contributed by atoms with E-state index in [1.165, 1.54) is 24.8 Å². The first-order valence-corrected chi connectivity index (χ1v) is 6.09. The van der Waals surface area contributed by atoms with Gasteiger partial charge in [0.25, 0.3) is 0 Å². The van der Waals surface area contributed by atoms with Gasteiger partial charge in [-0.15, -0.1) is 0 Å². The lowest BCUT2D eigenvalue weighted by Crippen LogP contribution is -2.25. The van der Waals surface area contributed by atoms with Crippen LogP contribution in [0, 0.1) is 5.92 Å². The monoisotopic (exact) mass is 223 g/mol. The second-order valence-electron chi connectivity index (χ2n) is 4.63. The first-order valence-electron chi connectivity index (χ1n) is 5.72. The standard InChI is InChI=1S/C13H18ClN/c1-10-5-6-13(7-10)15-9-11-3-2-4-12(14)8-11/h2-4,8,10,13,15H,5-7,9H2,1H3. The van der Waals surface area contributed by atoms with E-state index in [-0.39, 0.29) is 0 Å². The van der Waals surface area contributed by atoms with Crippen molar-refractivity contribution in [3.63, 3.8) is 0 Å². The first-order chi connectivity index (χ1) is 7.24. The van der Waals surface area contributed by atoms with Crippen molar-refractivity contribution >= 4 is 11.6 Å². The van der Waals surface area contributed by atoms with Crippen LogP contribution in [0.2, 0.25) is 5.02 Å². The van der Waals surface area contributed by atoms with Gasteiger partial charge in [-0.25, -0.2) is 0 Å². The quantitative estimate of drug-likeness (QED) is 0.826. The van der Waals surface area contributed by atoms with E-state index in [9.17, 15) is 0 Å². The van der Waals surface area contributed by atoms with Gasteiger partial charge in [0, 0.05) is 17.6 Å². The maximum atomic E-state index is 5.94. The summed E-state index contributed by atoms with van der Waals surface area (Å²) in [6.45, 7) is 3.28. The lowest BCUT2D eigenvalue weighted by atomic mass is 10.1. The lowest BCUT2D eigenvalue weighted by molar-refractivity contribution is 0.502. The smallest absolute Gasteiger partial charge is 0.0409 e. The van der Waals surface area contributed by atoms with E-state index in [1.54, 1.807) is 0 Å². The summed E-state index contributed by atoms with van der Waals surface area (Å²) in [4.78, 5) is 0. The summed E-state index contributed by atoms with van der Waals surface area (Å²) in [5.41, 5.74) is 1.28. The van der Waals surface area contributed by atoms with Crippen LogP contribution in [0.1, 0.15) is 31.7 Å². The number of benzene rings is 1. The molecule has 1 nitrogen and oxygen atoms in total. The van der Waals surface area contributed by atoms with Crippen LogP contribution >= 0.6 is 11.6 Å². The molecule has 0 aromatic heterocycles. The molecule has 1 aliphatic rings. The van der Waals surface area contributed by atoms with Gasteiger partial charge in [0.05, 0.1) is 0 Å². The third kappa shape index (κ3) is 3.22. The fourth-order valence-electron chi connectivity index (χ4n) is 2.30. The molecule has 0 saturated heterocycles. The van der Waals surface area contributed by atoms with E-state index >= 15 is 0 Å². The van der Waals surface area contributed by atoms with E-state index in [4.69, 9.17) is 11.6 Å². The molecule has 2 rings (SSSR count). The van der Waals surface area contributed by atoms with Gasteiger partial charge in [-0.2, -0.15) is 0 Å². The molecule has 2 heteroatoms. The second kappa shape index (κ2) is 5.00. The highest BCUT2D eigenvalue weighted by atomic mass is 35.5. The molecule has 1 aliphatic carbocycles. The number of hydrogen-bond acceptors (Lipinski definition) is 1. The summed E-state index contributed by atoms with van der Waals surface area (Å²) >= 11 is 5.94. The van der Waals surface area contributed by atoms with Gasteiger partial charge < -0.3 is 5.32 Å². The van der Waals surface area contributed by atoms with E-state index < -0.39 is 0 Å². The van der Waals surface area contributed by atoms with E-state index in [2.05, 4.69) is 18.3 Å². The molecule has 0 bridgehead atoms. The van der Waals surface area contributed by atoms with Crippen LogP contribution in [0.3, 0.4) is 0 Å². The van der Waals surface area contributed by atoms with Crippen molar-refractivity contribution in [2.24, 2.45) is 5.92 Å². The molecular formula is C13H18ClN. The van der Waals surface area contributed by atoms with Gasteiger partial charge in [0.1, 0.15) is 0 Å². The Hall–Kier alpha value is -0.530. The molecule has 1 fully saturated rings. The Morgan fingerprint density at radius 1 is 1.40 bits per heavy atom. The Bertz CT molecular complexity index is 324. The van der Waals surface area contributed by atoms with Crippen LogP contribution in [0.15, 0.2) is 24.3 Å². The molecule has 2 atom stereocenters. The molecule has 0 heterocycles. The Labute approximate surface area is 96.8 Å². The Balaban J connectivity index is 1.83. The van der Waals surface area contributed by atoms with E-state index in [0.29, 0.717) is 6.04 Å². The van der Waals surface area contributed by atoms with Gasteiger partial charge in [0.15, 0.2) is 0 Å². The zero-order chi connectivity index (χ0) is 10.7. The third-order valence-electron chi connectivity index (χ3n) is 3.18. The summed E-state index contributed by atoms with van der Waals surface area (Å²) in [6.07, 6.45) is 4.01. The summed E-state index contributed by atoms with van der Waals surface area (Å²) in [6, 6.07) is 8.79. The highest BCUT2D eigenvalue weighted by Gasteiger charge is 2.20. The predicted octanol–water partition coefficient (Wildman–Crippen LogP) is 3.62. The van der Waals surface area contributed by atoms with Crippen molar-refractivity contribution in [1.82, 2.24) is 5.32 Å². The van der Waals surface area contributed by atoms with Crippen molar-refractivity contribution in [1.29, 1.82) is 0 Å². The van der Waals surface area contributed by atoms with E-state index in [0.717, 1.165) is 17.5 Å². The number of rotatable bonds is 3. The molecule has 1 aromatic rings. The highest BCUT2D eigenvalue weighted by Crippen LogP contribution is 2.24. The molecule has 1 aromatic carbocycles. The lowest BCUT2D eigenvalue weighted by Gasteiger charge is -2.12. The molecule has 0 amide bonds. The maximum Gasteiger partial charge on any atom is 0.0409 e. The minimum Gasteiger partial charge on any atom is -0.310 e. The number of halogens is 1. The zero-order valence-electron chi connectivity index (χ0n) is 9.17. The van der Waals surface area contributed by atoms with Crippen LogP contribution in [-0.2, 0) is 6.54 Å². The first kappa shape index (κ1) is 11.0. The van der Waals surface area contributed by atoms with Crippen LogP contribution in [-0.4, -0.2) is 6.04 Å². The van der Waals surface area contributed by atoms with Crippen LogP contribution in [0.4, 0.5) is 0 Å². The van der Waals surface area contributed by atoms with Crippen LogP contribution in [0.5, 0.6) is 0 Å². The van der Waals surface area contributed by atoms with Crippen molar-refractivity contribution < 1.29 is 0 Å². The van der Waals surface area contributed by atoms with Gasteiger partial charge in [-0.1, -0.05) is 30.7 Å². The van der Waals surface area contributed by atoms with Crippen LogP contribution < -0.4 is 5.32 Å². The van der Waals surface area contributed by atoms with Crippen LogP contribution in [0.25, 0.3) is 0 Å². The van der Waals surface area contributed by atoms with Gasteiger partial charge in [0.2, 0.25) is 0 Å². The normalized spacial score (nSPS) is 25.7. The summed E-state index contributed by atoms with van der Waals surface area (Å²) in [7, 11) is 0. The SMILES string of the molecule is CC1CCC(NCc2cccc(Cl)c2)C1. The average molecular weight is 224 g/mol. The Morgan fingerprint density at radius 2 is 2.27 bits per heavy atom. The molecule has 0 radical (unpaired) electrons. The zero-order valence-corrected chi connectivity index (χ0v) is 9.93. The summed E-state index contributed by atoms with van der Waals surface area (Å²) in [5.74, 6) is 0.891. The van der Waals surface area contributed by atoms with Crippen molar-refractivity contribution in [2.75, 3.05) is 0 Å². The fraction of sp³-hybridized carbons (Fsp3) is 0.538. The number of nitrogens with one attached hydrogen (secondary N) is 1. The van der Waals surface area contributed by atoms with Gasteiger partial charge in [-0.3, -0.25) is 0 Å². The summed E-state index contributed by atoms with van der Waals surface area (Å²) in [5, 5.41) is 4.42. The predicted molar refractivity (Wildman–Crippen MR) is 65.1 cm³/mol. The van der Waals surface area contributed by atoms with Gasteiger partial charge >= 0.3 is 0 Å². The average Bonchev–Trinajstić information content (AvgIpc) is 2.62. The van der Waals surface area contributed by atoms with Crippen molar-refractivity contribution in [2.45, 2.75) is 38.8 Å². The Morgan fingerprint density at radius 3 is 2.93 bits per heavy atom. The molecule has 2 unspecified atom stereocenters. The summed E-state index contributed by atoms with van der Waals surface area (Å²) < 4.78 is 0. The minimum atomic E-state index is 0.707. The fourth-order valence-corrected chi connectivity index (χ4v) is 2.51. The minimum absolute atomic E-state index is 0.707. The molecule has 82 valence electrons. The highest BCUT2D eigenvalue weighted by molar-refractivity contribution is 6.30. The third-order valence-corrected chi connectivity index (χ3v) is 3.41. The molecule has 15 heavy (non-hydrogen) atoms. The molecule has 1 N–H and O–H groups in total. The molecule has 1 saturated carbocycles. The number of hydrogen-bond donors (Lipinski definition) is 1. The van der Waals surface area contributed by atoms with E-state index in [1.807, 2.05) is 18.2 Å². The Kier molecular flexibility index (Phi) is 3.66. The van der Waals surface area contributed by atoms with Crippen molar-refractivity contribution in [3.05, 3.63) is 34.9 Å². The molecular weight excluding hydrogens is 206 g/mol. The topological polar surface area (TPSA) is 12.0 Å². The molecule has 0 aliphatic heterocycles. The maximum absolute atomic E-state index is 5.94. The molecule has 0 spiro atoms.